The minimum atomic E-state index is -0.367. The van der Waals surface area contributed by atoms with Gasteiger partial charge in [0.25, 0.3) is 0 Å². The molecule has 1 fully saturated rings. The normalized spacial score (nSPS) is 21.1. The molecule has 1 aliphatic heterocycles. The summed E-state index contributed by atoms with van der Waals surface area (Å²) in [5, 5.41) is 5.74. The van der Waals surface area contributed by atoms with Crippen molar-refractivity contribution in [3.8, 4) is 11.1 Å². The molecule has 1 aliphatic rings. The summed E-state index contributed by atoms with van der Waals surface area (Å²) in [7, 11) is 0. The van der Waals surface area contributed by atoms with Crippen LogP contribution in [0.4, 0.5) is 5.69 Å². The lowest BCUT2D eigenvalue weighted by molar-refractivity contribution is 0.497. The highest BCUT2D eigenvalue weighted by molar-refractivity contribution is 6.36. The Morgan fingerprint density at radius 2 is 1.68 bits per heavy atom. The van der Waals surface area contributed by atoms with Gasteiger partial charge in [-0.2, -0.15) is 0 Å². The molecule has 0 aliphatic carbocycles. The second-order valence-corrected chi connectivity index (χ2v) is 5.70. The SMILES string of the molecule is NC1NNC(N(N)c2ccc(-c3ccccc3Cl)c(Cl)c2)N1. The second kappa shape index (κ2) is 6.39. The van der Waals surface area contributed by atoms with Crippen molar-refractivity contribution in [3.63, 3.8) is 0 Å². The molecule has 22 heavy (non-hydrogen) atoms. The van der Waals surface area contributed by atoms with Gasteiger partial charge in [-0.3, -0.25) is 10.3 Å². The quantitative estimate of drug-likeness (QED) is 0.431. The Labute approximate surface area is 138 Å². The number of rotatable bonds is 3. The van der Waals surface area contributed by atoms with Crippen molar-refractivity contribution in [2.24, 2.45) is 11.6 Å². The van der Waals surface area contributed by atoms with E-state index in [-0.39, 0.29) is 12.6 Å². The van der Waals surface area contributed by atoms with E-state index in [9.17, 15) is 0 Å². The average Bonchev–Trinajstić information content (AvgIpc) is 2.94. The van der Waals surface area contributed by atoms with E-state index in [0.29, 0.717) is 10.0 Å². The lowest BCUT2D eigenvalue weighted by Crippen LogP contribution is -2.54. The maximum absolute atomic E-state index is 6.39. The number of hydrazine groups is 2. The summed E-state index contributed by atoms with van der Waals surface area (Å²) in [4.78, 5) is 0. The summed E-state index contributed by atoms with van der Waals surface area (Å²) >= 11 is 12.6. The first-order valence-corrected chi connectivity index (χ1v) is 7.43. The van der Waals surface area contributed by atoms with E-state index in [0.717, 1.165) is 16.8 Å². The highest BCUT2D eigenvalue weighted by Gasteiger charge is 2.24. The first kappa shape index (κ1) is 15.5. The molecule has 0 spiro atoms. The molecule has 0 aromatic heterocycles. The molecule has 0 amide bonds. The van der Waals surface area contributed by atoms with E-state index < -0.39 is 0 Å². The number of hydrogen-bond donors (Lipinski definition) is 5. The number of hydrogen-bond acceptors (Lipinski definition) is 6. The van der Waals surface area contributed by atoms with Crippen LogP contribution < -0.4 is 32.8 Å². The fraction of sp³-hybridized carbons (Fsp3) is 0.143. The van der Waals surface area contributed by atoms with Crippen LogP contribution in [-0.4, -0.2) is 12.6 Å². The van der Waals surface area contributed by atoms with Gasteiger partial charge in [-0.25, -0.2) is 16.7 Å². The lowest BCUT2D eigenvalue weighted by Gasteiger charge is -2.25. The van der Waals surface area contributed by atoms with Crippen LogP contribution in [0.2, 0.25) is 10.0 Å². The molecule has 0 saturated carbocycles. The zero-order valence-corrected chi connectivity index (χ0v) is 13.1. The zero-order chi connectivity index (χ0) is 15.7. The van der Waals surface area contributed by atoms with Gasteiger partial charge in [0, 0.05) is 16.1 Å². The maximum Gasteiger partial charge on any atom is 0.163 e. The summed E-state index contributed by atoms with van der Waals surface area (Å²) in [6, 6.07) is 13.1. The van der Waals surface area contributed by atoms with E-state index in [1.165, 1.54) is 5.01 Å². The van der Waals surface area contributed by atoms with Gasteiger partial charge in [-0.1, -0.05) is 47.5 Å². The first-order chi connectivity index (χ1) is 10.6. The number of nitrogens with zero attached hydrogens (tertiary/aromatic N) is 1. The Balaban J connectivity index is 1.88. The molecule has 2 atom stereocenters. The number of nitrogens with one attached hydrogen (secondary N) is 3. The molecule has 2 unspecified atom stereocenters. The molecule has 1 saturated heterocycles. The Morgan fingerprint density at radius 1 is 0.955 bits per heavy atom. The van der Waals surface area contributed by atoms with E-state index in [4.69, 9.17) is 34.8 Å². The minimum Gasteiger partial charge on any atom is -0.302 e. The van der Waals surface area contributed by atoms with Crippen molar-refractivity contribution in [3.05, 3.63) is 52.5 Å². The van der Waals surface area contributed by atoms with Crippen molar-refractivity contribution in [1.82, 2.24) is 16.2 Å². The summed E-state index contributed by atoms with van der Waals surface area (Å²) < 4.78 is 0. The van der Waals surface area contributed by atoms with Crippen molar-refractivity contribution < 1.29 is 0 Å². The van der Waals surface area contributed by atoms with E-state index in [1.54, 1.807) is 6.07 Å². The van der Waals surface area contributed by atoms with E-state index in [2.05, 4.69) is 16.2 Å². The van der Waals surface area contributed by atoms with Gasteiger partial charge in [-0.15, -0.1) is 0 Å². The van der Waals surface area contributed by atoms with Crippen LogP contribution in [-0.2, 0) is 0 Å². The molecule has 2 aromatic rings. The van der Waals surface area contributed by atoms with Crippen molar-refractivity contribution in [1.29, 1.82) is 0 Å². The highest BCUT2D eigenvalue weighted by atomic mass is 35.5. The smallest absolute Gasteiger partial charge is 0.163 e. The van der Waals surface area contributed by atoms with Gasteiger partial charge >= 0.3 is 0 Å². The van der Waals surface area contributed by atoms with Crippen LogP contribution in [0.1, 0.15) is 0 Å². The maximum atomic E-state index is 6.39. The molecule has 0 bridgehead atoms. The Kier molecular flexibility index (Phi) is 4.51. The Morgan fingerprint density at radius 3 is 2.32 bits per heavy atom. The molecule has 1 heterocycles. The first-order valence-electron chi connectivity index (χ1n) is 6.67. The molecule has 2 aromatic carbocycles. The Bertz CT molecular complexity index is 680. The van der Waals surface area contributed by atoms with Gasteiger partial charge < -0.3 is 5.73 Å². The number of nitrogens with two attached hydrogens (primary N) is 2. The molecular weight excluding hydrogens is 323 g/mol. The molecule has 7 N–H and O–H groups in total. The molecular formula is C14H16Cl2N6. The van der Waals surface area contributed by atoms with Crippen LogP contribution in [0.25, 0.3) is 11.1 Å². The number of benzene rings is 2. The Hall–Kier alpha value is -1.38. The predicted molar refractivity (Wildman–Crippen MR) is 89.7 cm³/mol. The standard InChI is InChI=1S/C14H16Cl2N6/c15-11-4-2-1-3-9(11)10-6-5-8(7-12(10)16)22(18)14-19-13(17)20-21-14/h1-7,13-14,19-21H,17-18H2. The van der Waals surface area contributed by atoms with E-state index >= 15 is 0 Å². The van der Waals surface area contributed by atoms with Gasteiger partial charge in [0.1, 0.15) is 6.29 Å². The summed E-state index contributed by atoms with van der Waals surface area (Å²) in [5.41, 5.74) is 13.9. The van der Waals surface area contributed by atoms with Crippen LogP contribution in [0.3, 0.4) is 0 Å². The summed E-state index contributed by atoms with van der Waals surface area (Å²) in [5.74, 6) is 6.08. The topological polar surface area (TPSA) is 91.4 Å². The summed E-state index contributed by atoms with van der Waals surface area (Å²) in [6.45, 7) is 0. The third kappa shape index (κ3) is 3.04. The molecule has 6 nitrogen and oxygen atoms in total. The number of halogens is 2. The zero-order valence-electron chi connectivity index (χ0n) is 11.6. The largest absolute Gasteiger partial charge is 0.302 e. The van der Waals surface area contributed by atoms with Crippen LogP contribution in [0.15, 0.2) is 42.5 Å². The van der Waals surface area contributed by atoms with Gasteiger partial charge in [0.15, 0.2) is 6.29 Å². The van der Waals surface area contributed by atoms with Crippen LogP contribution >= 0.6 is 23.2 Å². The third-order valence-corrected chi connectivity index (χ3v) is 4.05. The van der Waals surface area contributed by atoms with Crippen molar-refractivity contribution in [2.75, 3.05) is 5.01 Å². The third-order valence-electron chi connectivity index (χ3n) is 3.41. The fourth-order valence-corrected chi connectivity index (χ4v) is 2.80. The van der Waals surface area contributed by atoms with Gasteiger partial charge in [0.2, 0.25) is 0 Å². The van der Waals surface area contributed by atoms with Crippen LogP contribution in [0.5, 0.6) is 0 Å². The van der Waals surface area contributed by atoms with Crippen LogP contribution in [0, 0.1) is 0 Å². The highest BCUT2D eigenvalue weighted by Crippen LogP contribution is 2.35. The fourth-order valence-electron chi connectivity index (χ4n) is 2.28. The minimum absolute atomic E-state index is 0.336. The van der Waals surface area contributed by atoms with Gasteiger partial charge in [0.05, 0.1) is 10.7 Å². The number of anilines is 1. The van der Waals surface area contributed by atoms with E-state index in [1.807, 2.05) is 36.4 Å². The van der Waals surface area contributed by atoms with Gasteiger partial charge in [-0.05, 0) is 18.2 Å². The predicted octanol–water partition coefficient (Wildman–Crippen LogP) is 1.56. The lowest BCUT2D eigenvalue weighted by atomic mass is 10.1. The molecule has 116 valence electrons. The molecule has 8 heteroatoms. The van der Waals surface area contributed by atoms with Crippen molar-refractivity contribution in [2.45, 2.75) is 12.6 Å². The second-order valence-electron chi connectivity index (χ2n) is 4.89. The van der Waals surface area contributed by atoms with Crippen molar-refractivity contribution >= 4 is 28.9 Å². The average molecular weight is 339 g/mol. The summed E-state index contributed by atoms with van der Waals surface area (Å²) in [6.07, 6.45) is -0.703. The monoisotopic (exact) mass is 338 g/mol. The molecule has 0 radical (unpaired) electrons. The molecule has 3 rings (SSSR count).